The standard InChI is InChI=1S/C21H24F6N4O3/c1-33-9-14(31-8-15(21(25,26)27)30-19(31)32)11-6-12(22)17-13(7-11)29-18(34-17)16(28)10-2-4-20(23,24)5-3-10/h6-7,10,14-16H,2-5,8-9,28H2,1H3,(H,30,32)/t14-,15+,16+/m1/s1. The van der Waals surface area contributed by atoms with Crippen molar-refractivity contribution in [3.05, 3.63) is 29.4 Å². The quantitative estimate of drug-likeness (QED) is 0.580. The monoisotopic (exact) mass is 494 g/mol. The molecule has 188 valence electrons. The number of benzene rings is 1. The molecule has 34 heavy (non-hydrogen) atoms. The number of urea groups is 1. The lowest BCUT2D eigenvalue weighted by Crippen LogP contribution is -2.40. The molecule has 1 aromatic carbocycles. The van der Waals surface area contributed by atoms with Crippen molar-refractivity contribution in [2.24, 2.45) is 11.7 Å². The van der Waals surface area contributed by atoms with E-state index in [4.69, 9.17) is 14.9 Å². The molecule has 3 atom stereocenters. The van der Waals surface area contributed by atoms with Crippen LogP contribution in [0.15, 0.2) is 16.5 Å². The average molecular weight is 494 g/mol. The number of nitrogens with two attached hydrogens (primary N) is 1. The summed E-state index contributed by atoms with van der Waals surface area (Å²) in [6, 6.07) is -2.43. The second-order valence-electron chi connectivity index (χ2n) is 8.79. The van der Waals surface area contributed by atoms with E-state index < -0.39 is 48.6 Å². The summed E-state index contributed by atoms with van der Waals surface area (Å²) < 4.78 is 91.7. The van der Waals surface area contributed by atoms with E-state index in [2.05, 4.69) is 4.98 Å². The molecule has 0 bridgehead atoms. The number of fused-ring (bicyclic) bond motifs is 1. The molecule has 2 amide bonds. The number of alkyl halides is 5. The summed E-state index contributed by atoms with van der Waals surface area (Å²) in [5.41, 5.74) is 6.18. The minimum atomic E-state index is -4.64. The molecule has 1 saturated heterocycles. The van der Waals surface area contributed by atoms with E-state index in [1.807, 2.05) is 5.32 Å². The number of amides is 2. The van der Waals surface area contributed by atoms with E-state index in [0.29, 0.717) is 0 Å². The first-order valence-corrected chi connectivity index (χ1v) is 10.8. The molecule has 0 radical (unpaired) electrons. The normalized spacial score (nSPS) is 23.4. The zero-order chi connectivity index (χ0) is 24.8. The number of ether oxygens (including phenoxy) is 1. The number of carbonyl (C=O) groups excluding carboxylic acids is 1. The third-order valence-corrected chi connectivity index (χ3v) is 6.46. The lowest BCUT2D eigenvalue weighted by molar-refractivity contribution is -0.150. The Morgan fingerprint density at radius 2 is 2.00 bits per heavy atom. The number of halogens is 6. The fraction of sp³-hybridized carbons (Fsp3) is 0.619. The molecule has 2 heterocycles. The van der Waals surface area contributed by atoms with Crippen LogP contribution in [0.25, 0.3) is 11.1 Å². The summed E-state index contributed by atoms with van der Waals surface area (Å²) in [4.78, 5) is 17.4. The fourth-order valence-electron chi connectivity index (χ4n) is 4.52. The molecule has 1 aromatic heterocycles. The van der Waals surface area contributed by atoms with Gasteiger partial charge in [-0.3, -0.25) is 0 Å². The van der Waals surface area contributed by atoms with Crippen molar-refractivity contribution < 1.29 is 40.3 Å². The smallest absolute Gasteiger partial charge is 0.410 e. The number of methoxy groups -OCH3 is 1. The van der Waals surface area contributed by atoms with Crippen molar-refractivity contribution in [2.75, 3.05) is 20.3 Å². The maximum atomic E-state index is 14.9. The number of nitrogens with zero attached hydrogens (tertiary/aromatic N) is 2. The first kappa shape index (κ1) is 24.6. The first-order chi connectivity index (χ1) is 15.9. The average Bonchev–Trinajstić information content (AvgIpc) is 3.35. The van der Waals surface area contributed by atoms with Crippen LogP contribution in [0, 0.1) is 11.7 Å². The number of hydrogen-bond donors (Lipinski definition) is 2. The Bertz CT molecular complexity index is 1050. The largest absolute Gasteiger partial charge is 0.436 e. The highest BCUT2D eigenvalue weighted by Gasteiger charge is 2.48. The van der Waals surface area contributed by atoms with Crippen molar-refractivity contribution in [3.63, 3.8) is 0 Å². The summed E-state index contributed by atoms with van der Waals surface area (Å²) in [7, 11) is 1.30. The van der Waals surface area contributed by atoms with E-state index in [1.165, 1.54) is 13.2 Å². The number of nitrogens with one attached hydrogen (secondary N) is 1. The molecule has 1 saturated carbocycles. The Labute approximate surface area is 190 Å². The van der Waals surface area contributed by atoms with Gasteiger partial charge < -0.3 is 25.1 Å². The fourth-order valence-corrected chi connectivity index (χ4v) is 4.52. The van der Waals surface area contributed by atoms with E-state index in [0.717, 1.165) is 11.0 Å². The number of rotatable bonds is 6. The molecule has 0 spiro atoms. The van der Waals surface area contributed by atoms with Crippen LogP contribution in [0.2, 0.25) is 0 Å². The van der Waals surface area contributed by atoms with Crippen LogP contribution in [0.1, 0.15) is 49.2 Å². The van der Waals surface area contributed by atoms with Gasteiger partial charge in [-0.2, -0.15) is 13.2 Å². The highest BCUT2D eigenvalue weighted by atomic mass is 19.4. The number of oxazole rings is 1. The SMILES string of the molecule is COC[C@H](c1cc(F)c2oc([C@@H](N)C3CCC(F)(F)CC3)nc2c1)N1C[C@@H](C(F)(F)F)NC1=O. The Hall–Kier alpha value is -2.54. The van der Waals surface area contributed by atoms with Gasteiger partial charge in [0, 0.05) is 20.0 Å². The van der Waals surface area contributed by atoms with Crippen molar-refractivity contribution in [1.82, 2.24) is 15.2 Å². The Morgan fingerprint density at radius 1 is 1.32 bits per heavy atom. The molecular weight excluding hydrogens is 470 g/mol. The molecule has 1 aliphatic carbocycles. The third-order valence-electron chi connectivity index (χ3n) is 6.46. The summed E-state index contributed by atoms with van der Waals surface area (Å²) in [6.07, 6.45) is -4.92. The zero-order valence-corrected chi connectivity index (χ0v) is 18.2. The Kier molecular flexibility index (Phi) is 6.44. The van der Waals surface area contributed by atoms with Gasteiger partial charge in [0.25, 0.3) is 0 Å². The van der Waals surface area contributed by atoms with Gasteiger partial charge in [-0.05, 0) is 36.5 Å². The van der Waals surface area contributed by atoms with Crippen LogP contribution < -0.4 is 11.1 Å². The predicted octanol–water partition coefficient (Wildman–Crippen LogP) is 4.44. The van der Waals surface area contributed by atoms with Crippen molar-refractivity contribution in [1.29, 1.82) is 0 Å². The molecule has 13 heteroatoms. The number of aromatic nitrogens is 1. The van der Waals surface area contributed by atoms with E-state index in [9.17, 15) is 31.1 Å². The van der Waals surface area contributed by atoms with E-state index >= 15 is 0 Å². The summed E-state index contributed by atoms with van der Waals surface area (Å²) >= 11 is 0. The van der Waals surface area contributed by atoms with Crippen molar-refractivity contribution in [3.8, 4) is 0 Å². The lowest BCUT2D eigenvalue weighted by atomic mass is 9.82. The molecular formula is C21H24F6N4O3. The van der Waals surface area contributed by atoms with Crippen molar-refractivity contribution in [2.45, 2.75) is 55.9 Å². The van der Waals surface area contributed by atoms with Crippen LogP contribution in [0.3, 0.4) is 0 Å². The van der Waals surface area contributed by atoms with Crippen LogP contribution in [0.4, 0.5) is 31.1 Å². The van der Waals surface area contributed by atoms with Gasteiger partial charge >= 0.3 is 12.2 Å². The van der Waals surface area contributed by atoms with Gasteiger partial charge in [-0.15, -0.1) is 0 Å². The van der Waals surface area contributed by atoms with Gasteiger partial charge in [0.15, 0.2) is 11.4 Å². The second kappa shape index (κ2) is 8.91. The molecule has 4 rings (SSSR count). The van der Waals surface area contributed by atoms with E-state index in [1.54, 1.807) is 0 Å². The third kappa shape index (κ3) is 4.81. The van der Waals surface area contributed by atoms with Crippen LogP contribution in [-0.4, -0.2) is 54.3 Å². The van der Waals surface area contributed by atoms with Crippen LogP contribution >= 0.6 is 0 Å². The number of carbonyl (C=O) groups is 1. The zero-order valence-electron chi connectivity index (χ0n) is 18.2. The molecule has 2 aliphatic rings. The van der Waals surface area contributed by atoms with E-state index in [-0.39, 0.29) is 60.8 Å². The maximum Gasteiger partial charge on any atom is 0.410 e. The maximum absolute atomic E-state index is 14.9. The van der Waals surface area contributed by atoms with Gasteiger partial charge in [-0.1, -0.05) is 0 Å². The minimum Gasteiger partial charge on any atom is -0.436 e. The topological polar surface area (TPSA) is 93.6 Å². The molecule has 7 nitrogen and oxygen atoms in total. The molecule has 2 fully saturated rings. The van der Waals surface area contributed by atoms with Gasteiger partial charge in [-0.25, -0.2) is 22.9 Å². The van der Waals surface area contributed by atoms with Gasteiger partial charge in [0.2, 0.25) is 11.8 Å². The Morgan fingerprint density at radius 3 is 2.59 bits per heavy atom. The highest BCUT2D eigenvalue weighted by molar-refractivity contribution is 5.79. The van der Waals surface area contributed by atoms with Gasteiger partial charge in [0.05, 0.1) is 25.2 Å². The molecule has 3 N–H and O–H groups in total. The molecule has 1 aliphatic heterocycles. The van der Waals surface area contributed by atoms with Crippen molar-refractivity contribution >= 4 is 17.1 Å². The first-order valence-electron chi connectivity index (χ1n) is 10.8. The van der Waals surface area contributed by atoms with Crippen LogP contribution in [0.5, 0.6) is 0 Å². The summed E-state index contributed by atoms with van der Waals surface area (Å²) in [5, 5.41) is 1.87. The summed E-state index contributed by atoms with van der Waals surface area (Å²) in [6.45, 7) is -0.860. The highest BCUT2D eigenvalue weighted by Crippen LogP contribution is 2.41. The van der Waals surface area contributed by atoms with Crippen LogP contribution in [-0.2, 0) is 4.74 Å². The molecule has 0 unspecified atom stereocenters. The second-order valence-corrected chi connectivity index (χ2v) is 8.79. The summed E-state index contributed by atoms with van der Waals surface area (Å²) in [5.74, 6) is -3.91. The molecule has 2 aromatic rings. The number of hydrogen-bond acceptors (Lipinski definition) is 5. The van der Waals surface area contributed by atoms with Gasteiger partial charge in [0.1, 0.15) is 11.6 Å². The Balaban J connectivity index is 1.61. The lowest BCUT2D eigenvalue weighted by Gasteiger charge is -2.30. The predicted molar refractivity (Wildman–Crippen MR) is 107 cm³/mol. The minimum absolute atomic E-state index is 0.0133.